The number of rotatable bonds is 7. The van der Waals surface area contributed by atoms with Gasteiger partial charge in [-0.1, -0.05) is 41.0 Å². The Morgan fingerprint density at radius 3 is 1.83 bits per heavy atom. The van der Waals surface area contributed by atoms with Crippen molar-refractivity contribution in [3.05, 3.63) is 0 Å². The highest BCUT2D eigenvalue weighted by Crippen LogP contribution is 2.03. The Morgan fingerprint density at radius 2 is 1.56 bits per heavy atom. The molecule has 0 heterocycles. The van der Waals surface area contributed by atoms with Crippen LogP contribution in [-0.2, 0) is 14.3 Å². The van der Waals surface area contributed by atoms with Crippen LogP contribution in [0.4, 0.5) is 0 Å². The zero-order valence-corrected chi connectivity index (χ0v) is 12.4. The zero-order chi connectivity index (χ0) is 14.6. The highest BCUT2D eigenvalue weighted by molar-refractivity contribution is 5.71. The maximum absolute atomic E-state index is 11.0. The Hall–Kier alpha value is -1.06. The van der Waals surface area contributed by atoms with Gasteiger partial charge in [-0.2, -0.15) is 0 Å². The smallest absolute Gasteiger partial charge is 0.308 e. The van der Waals surface area contributed by atoms with E-state index in [2.05, 4.69) is 6.92 Å². The number of ether oxygens (including phenoxy) is 1. The van der Waals surface area contributed by atoms with Crippen LogP contribution in [0, 0.1) is 11.8 Å². The van der Waals surface area contributed by atoms with E-state index in [1.54, 1.807) is 6.92 Å². The van der Waals surface area contributed by atoms with Gasteiger partial charge in [-0.3, -0.25) is 9.59 Å². The summed E-state index contributed by atoms with van der Waals surface area (Å²) in [5.74, 6) is -0.879. The van der Waals surface area contributed by atoms with Crippen molar-refractivity contribution in [2.75, 3.05) is 6.61 Å². The van der Waals surface area contributed by atoms with Crippen molar-refractivity contribution in [2.45, 2.75) is 60.3 Å². The summed E-state index contributed by atoms with van der Waals surface area (Å²) in [6.07, 6.45) is 3.64. The Kier molecular flexibility index (Phi) is 13.3. The number of carbonyl (C=O) groups excluding carboxylic acids is 1. The van der Waals surface area contributed by atoms with Gasteiger partial charge >= 0.3 is 11.9 Å². The van der Waals surface area contributed by atoms with E-state index in [1.165, 1.54) is 0 Å². The first-order valence-electron chi connectivity index (χ1n) is 6.79. The topological polar surface area (TPSA) is 63.6 Å². The van der Waals surface area contributed by atoms with Crippen molar-refractivity contribution in [2.24, 2.45) is 11.8 Å². The molecule has 0 aromatic heterocycles. The van der Waals surface area contributed by atoms with Gasteiger partial charge in [0.25, 0.3) is 0 Å². The van der Waals surface area contributed by atoms with Crippen molar-refractivity contribution < 1.29 is 19.4 Å². The molecule has 108 valence electrons. The van der Waals surface area contributed by atoms with E-state index < -0.39 is 5.97 Å². The number of esters is 1. The summed E-state index contributed by atoms with van der Waals surface area (Å²) in [4.78, 5) is 21.0. The lowest BCUT2D eigenvalue weighted by Crippen LogP contribution is -2.14. The minimum atomic E-state index is -0.706. The molecule has 0 rings (SSSR count). The van der Waals surface area contributed by atoms with Crippen LogP contribution < -0.4 is 0 Å². The van der Waals surface area contributed by atoms with Gasteiger partial charge in [0.15, 0.2) is 0 Å². The van der Waals surface area contributed by atoms with E-state index in [0.29, 0.717) is 6.61 Å². The summed E-state index contributed by atoms with van der Waals surface area (Å²) in [6, 6.07) is 0. The third-order valence-corrected chi connectivity index (χ3v) is 2.79. The SMILES string of the molecule is CCC(C)C(=O)O.CCCCOC(=O)C(C)CC. The molecule has 0 bridgehead atoms. The number of hydrogen-bond donors (Lipinski definition) is 1. The lowest BCUT2D eigenvalue weighted by Gasteiger charge is -2.07. The second-order valence-corrected chi connectivity index (χ2v) is 4.48. The van der Waals surface area contributed by atoms with Gasteiger partial charge in [0, 0.05) is 0 Å². The molecule has 0 fully saturated rings. The molecule has 0 aromatic rings. The molecule has 0 aromatic carbocycles. The van der Waals surface area contributed by atoms with Crippen LogP contribution in [0.2, 0.25) is 0 Å². The molecule has 0 saturated heterocycles. The molecule has 0 aliphatic carbocycles. The summed E-state index contributed by atoms with van der Waals surface area (Å²) < 4.78 is 5.00. The first-order valence-corrected chi connectivity index (χ1v) is 6.79. The van der Waals surface area contributed by atoms with Gasteiger partial charge in [0.05, 0.1) is 18.4 Å². The standard InChI is InChI=1S/C9H18O2.C5H10O2/c1-4-6-7-11-9(10)8(3)5-2;1-3-4(2)5(6)7/h8H,4-7H2,1-3H3;4H,3H2,1-2H3,(H,6,7). The number of aliphatic carboxylic acids is 1. The van der Waals surface area contributed by atoms with Crippen LogP contribution in [0.25, 0.3) is 0 Å². The first-order chi connectivity index (χ1) is 8.40. The molecular weight excluding hydrogens is 232 g/mol. The maximum atomic E-state index is 11.0. The molecule has 2 unspecified atom stereocenters. The van der Waals surface area contributed by atoms with Gasteiger partial charge in [-0.25, -0.2) is 0 Å². The molecule has 0 aliphatic heterocycles. The van der Waals surface area contributed by atoms with Crippen molar-refractivity contribution >= 4 is 11.9 Å². The quantitative estimate of drug-likeness (QED) is 0.562. The molecule has 0 saturated carbocycles. The number of carboxylic acid groups (broad SMARTS) is 1. The van der Waals surface area contributed by atoms with E-state index in [0.717, 1.165) is 25.7 Å². The van der Waals surface area contributed by atoms with Gasteiger partial charge in [-0.05, 0) is 19.3 Å². The first kappa shape index (κ1) is 19.3. The minimum absolute atomic E-state index is 0.0547. The summed E-state index contributed by atoms with van der Waals surface area (Å²) in [5.41, 5.74) is 0. The molecule has 1 N–H and O–H groups in total. The minimum Gasteiger partial charge on any atom is -0.481 e. The summed E-state index contributed by atoms with van der Waals surface area (Å²) >= 11 is 0. The van der Waals surface area contributed by atoms with E-state index in [9.17, 15) is 9.59 Å². The predicted molar refractivity (Wildman–Crippen MR) is 72.4 cm³/mol. The van der Waals surface area contributed by atoms with E-state index >= 15 is 0 Å². The fraction of sp³-hybridized carbons (Fsp3) is 0.857. The van der Waals surface area contributed by atoms with Crippen LogP contribution >= 0.6 is 0 Å². The lowest BCUT2D eigenvalue weighted by molar-refractivity contribution is -0.148. The van der Waals surface area contributed by atoms with Crippen LogP contribution in [0.1, 0.15) is 60.3 Å². The van der Waals surface area contributed by atoms with Crippen LogP contribution in [0.5, 0.6) is 0 Å². The number of unbranched alkanes of at least 4 members (excludes halogenated alkanes) is 1. The second kappa shape index (κ2) is 12.4. The summed E-state index contributed by atoms with van der Waals surface area (Å²) in [5, 5.41) is 8.18. The highest BCUT2D eigenvalue weighted by atomic mass is 16.5. The third kappa shape index (κ3) is 11.4. The summed E-state index contributed by atoms with van der Waals surface area (Å²) in [6.45, 7) is 10.1. The van der Waals surface area contributed by atoms with E-state index in [1.807, 2.05) is 20.8 Å². The molecule has 0 amide bonds. The fourth-order valence-corrected chi connectivity index (χ4v) is 0.801. The summed E-state index contributed by atoms with van der Waals surface area (Å²) in [7, 11) is 0. The highest BCUT2D eigenvalue weighted by Gasteiger charge is 2.10. The lowest BCUT2D eigenvalue weighted by atomic mass is 10.1. The van der Waals surface area contributed by atoms with Crippen molar-refractivity contribution in [1.29, 1.82) is 0 Å². The molecule has 4 heteroatoms. The van der Waals surface area contributed by atoms with Crippen molar-refractivity contribution in [1.82, 2.24) is 0 Å². The average molecular weight is 260 g/mol. The Balaban J connectivity index is 0. The third-order valence-electron chi connectivity index (χ3n) is 2.79. The van der Waals surface area contributed by atoms with E-state index in [-0.39, 0.29) is 17.8 Å². The van der Waals surface area contributed by atoms with Crippen LogP contribution in [0.15, 0.2) is 0 Å². The molecule has 0 radical (unpaired) electrons. The molecule has 18 heavy (non-hydrogen) atoms. The zero-order valence-electron chi connectivity index (χ0n) is 12.4. The molecule has 2 atom stereocenters. The molecular formula is C14H28O4. The Bertz CT molecular complexity index is 226. The van der Waals surface area contributed by atoms with Crippen LogP contribution in [-0.4, -0.2) is 23.7 Å². The molecule has 4 nitrogen and oxygen atoms in total. The van der Waals surface area contributed by atoms with E-state index in [4.69, 9.17) is 9.84 Å². The van der Waals surface area contributed by atoms with Crippen molar-refractivity contribution in [3.8, 4) is 0 Å². The Morgan fingerprint density at radius 1 is 1.06 bits per heavy atom. The molecule has 0 spiro atoms. The van der Waals surface area contributed by atoms with Gasteiger partial charge < -0.3 is 9.84 Å². The number of carbonyl (C=O) groups is 2. The monoisotopic (exact) mass is 260 g/mol. The average Bonchev–Trinajstić information content (AvgIpc) is 2.37. The number of hydrogen-bond acceptors (Lipinski definition) is 3. The van der Waals surface area contributed by atoms with Crippen LogP contribution in [0.3, 0.4) is 0 Å². The largest absolute Gasteiger partial charge is 0.481 e. The maximum Gasteiger partial charge on any atom is 0.308 e. The molecule has 0 aliphatic rings. The van der Waals surface area contributed by atoms with Gasteiger partial charge in [0.1, 0.15) is 0 Å². The van der Waals surface area contributed by atoms with Crippen molar-refractivity contribution in [3.63, 3.8) is 0 Å². The van der Waals surface area contributed by atoms with Gasteiger partial charge in [0.2, 0.25) is 0 Å². The fourth-order valence-electron chi connectivity index (χ4n) is 0.801. The number of carboxylic acids is 1. The Labute approximate surface area is 111 Å². The van der Waals surface area contributed by atoms with Gasteiger partial charge in [-0.15, -0.1) is 0 Å². The predicted octanol–water partition coefficient (Wildman–Crippen LogP) is 3.49. The second-order valence-electron chi connectivity index (χ2n) is 4.48. The normalized spacial score (nSPS) is 12.9.